The molecule has 1 fully saturated rings. The normalized spacial score (nSPS) is 17.3. The Morgan fingerprint density at radius 2 is 1.91 bits per heavy atom. The van der Waals surface area contributed by atoms with Gasteiger partial charge in [-0.25, -0.2) is 4.98 Å². The summed E-state index contributed by atoms with van der Waals surface area (Å²) in [5, 5.41) is 0. The van der Waals surface area contributed by atoms with E-state index in [1.54, 1.807) is 13.3 Å². The zero-order chi connectivity index (χ0) is 21.8. The summed E-state index contributed by atoms with van der Waals surface area (Å²) >= 11 is 0. The van der Waals surface area contributed by atoms with Gasteiger partial charge < -0.3 is 13.9 Å². The van der Waals surface area contributed by atoms with Crippen molar-refractivity contribution < 1.29 is 9.47 Å². The molecule has 0 spiro atoms. The number of rotatable bonds is 6. The molecule has 5 rings (SSSR count). The standard InChI is InChI=1S/C26H28N4O2/c1-31-25-9-5-4-8-24(25)23-7-3-2-6-21(23)17-29-12-13-32-19-20(16-29)14-22-18-30-11-10-27-26(30)15-28-22/h2-11,15,18,20H,12-14,16-17,19H2,1H3. The quantitative estimate of drug-likeness (QED) is 0.463. The Labute approximate surface area is 188 Å². The second-order valence-electron chi connectivity index (χ2n) is 8.31. The fourth-order valence-corrected chi connectivity index (χ4v) is 4.52. The van der Waals surface area contributed by atoms with E-state index in [1.807, 2.05) is 28.9 Å². The first kappa shape index (κ1) is 20.7. The summed E-state index contributed by atoms with van der Waals surface area (Å²) < 4.78 is 13.6. The number of para-hydroxylation sites is 1. The van der Waals surface area contributed by atoms with Crippen molar-refractivity contribution in [3.63, 3.8) is 0 Å². The fraction of sp³-hybridized carbons (Fsp3) is 0.308. The van der Waals surface area contributed by atoms with Gasteiger partial charge in [0, 0.05) is 49.7 Å². The maximum Gasteiger partial charge on any atom is 0.155 e. The van der Waals surface area contributed by atoms with Crippen molar-refractivity contribution in [2.24, 2.45) is 5.92 Å². The first-order chi connectivity index (χ1) is 15.8. The molecular formula is C26H28N4O2. The summed E-state index contributed by atoms with van der Waals surface area (Å²) in [4.78, 5) is 11.4. The van der Waals surface area contributed by atoms with E-state index in [-0.39, 0.29) is 0 Å². The molecular weight excluding hydrogens is 400 g/mol. The van der Waals surface area contributed by atoms with Crippen LogP contribution in [0.3, 0.4) is 0 Å². The van der Waals surface area contributed by atoms with Gasteiger partial charge in [0.25, 0.3) is 0 Å². The van der Waals surface area contributed by atoms with E-state index in [0.717, 1.165) is 61.9 Å². The lowest BCUT2D eigenvalue weighted by Crippen LogP contribution is -2.30. The van der Waals surface area contributed by atoms with Gasteiger partial charge in [0.2, 0.25) is 0 Å². The number of hydrogen-bond acceptors (Lipinski definition) is 5. The zero-order valence-corrected chi connectivity index (χ0v) is 18.4. The molecule has 164 valence electrons. The number of fused-ring (bicyclic) bond motifs is 1. The lowest BCUT2D eigenvalue weighted by atomic mass is 9.97. The van der Waals surface area contributed by atoms with Crippen LogP contribution in [0.4, 0.5) is 0 Å². The highest BCUT2D eigenvalue weighted by Gasteiger charge is 2.21. The van der Waals surface area contributed by atoms with Crippen molar-refractivity contribution in [1.82, 2.24) is 19.3 Å². The SMILES string of the molecule is COc1ccccc1-c1ccccc1CN1CCOCC(Cc2cn3ccnc3cn2)C1. The summed E-state index contributed by atoms with van der Waals surface area (Å²) in [6.45, 7) is 4.28. The van der Waals surface area contributed by atoms with Crippen LogP contribution >= 0.6 is 0 Å². The number of aromatic nitrogens is 3. The zero-order valence-electron chi connectivity index (χ0n) is 18.4. The molecule has 1 atom stereocenters. The third kappa shape index (κ3) is 4.52. The van der Waals surface area contributed by atoms with Crippen LogP contribution in [0.15, 0.2) is 73.3 Å². The van der Waals surface area contributed by atoms with Crippen LogP contribution < -0.4 is 4.74 Å². The molecule has 0 N–H and O–H groups in total. The molecule has 1 aliphatic rings. The maximum absolute atomic E-state index is 5.96. The van der Waals surface area contributed by atoms with Crippen molar-refractivity contribution in [3.8, 4) is 16.9 Å². The minimum Gasteiger partial charge on any atom is -0.496 e. The molecule has 32 heavy (non-hydrogen) atoms. The number of ether oxygens (including phenoxy) is 2. The van der Waals surface area contributed by atoms with Crippen molar-refractivity contribution in [2.45, 2.75) is 13.0 Å². The van der Waals surface area contributed by atoms with E-state index in [2.05, 4.69) is 57.5 Å². The van der Waals surface area contributed by atoms with Gasteiger partial charge in [-0.1, -0.05) is 42.5 Å². The molecule has 6 heteroatoms. The van der Waals surface area contributed by atoms with E-state index in [9.17, 15) is 0 Å². The molecule has 2 aromatic carbocycles. The van der Waals surface area contributed by atoms with Gasteiger partial charge >= 0.3 is 0 Å². The van der Waals surface area contributed by atoms with Gasteiger partial charge in [-0.15, -0.1) is 0 Å². The largest absolute Gasteiger partial charge is 0.496 e. The molecule has 0 bridgehead atoms. The third-order valence-corrected chi connectivity index (χ3v) is 6.06. The van der Waals surface area contributed by atoms with Crippen molar-refractivity contribution in [2.75, 3.05) is 33.4 Å². The summed E-state index contributed by atoms with van der Waals surface area (Å²) in [5.41, 5.74) is 5.60. The average molecular weight is 429 g/mol. The molecule has 0 amide bonds. The van der Waals surface area contributed by atoms with Gasteiger partial charge in [0.15, 0.2) is 5.65 Å². The van der Waals surface area contributed by atoms with Crippen LogP contribution in [0, 0.1) is 5.92 Å². The predicted molar refractivity (Wildman–Crippen MR) is 125 cm³/mol. The number of methoxy groups -OCH3 is 1. The van der Waals surface area contributed by atoms with Gasteiger partial charge in [0.05, 0.1) is 32.2 Å². The highest BCUT2D eigenvalue weighted by atomic mass is 16.5. The molecule has 0 aliphatic carbocycles. The molecule has 3 heterocycles. The second-order valence-corrected chi connectivity index (χ2v) is 8.31. The van der Waals surface area contributed by atoms with Crippen LogP contribution in [0.5, 0.6) is 5.75 Å². The molecule has 1 unspecified atom stereocenters. The molecule has 1 aliphatic heterocycles. The van der Waals surface area contributed by atoms with Gasteiger partial charge in [-0.05, 0) is 23.6 Å². The van der Waals surface area contributed by atoms with E-state index in [0.29, 0.717) is 5.92 Å². The van der Waals surface area contributed by atoms with Crippen LogP contribution in [-0.4, -0.2) is 52.7 Å². The lowest BCUT2D eigenvalue weighted by molar-refractivity contribution is 0.121. The van der Waals surface area contributed by atoms with E-state index in [4.69, 9.17) is 9.47 Å². The van der Waals surface area contributed by atoms with Gasteiger partial charge in [-0.2, -0.15) is 0 Å². The Bertz CT molecular complexity index is 1190. The lowest BCUT2D eigenvalue weighted by Gasteiger charge is -2.24. The molecule has 6 nitrogen and oxygen atoms in total. The summed E-state index contributed by atoms with van der Waals surface area (Å²) in [5.74, 6) is 1.29. The minimum absolute atomic E-state index is 0.393. The highest BCUT2D eigenvalue weighted by Crippen LogP contribution is 2.32. The molecule has 0 saturated carbocycles. The first-order valence-corrected chi connectivity index (χ1v) is 11.1. The van der Waals surface area contributed by atoms with Crippen LogP contribution in [0.25, 0.3) is 16.8 Å². The summed E-state index contributed by atoms with van der Waals surface area (Å²) in [6.07, 6.45) is 8.57. The number of hydrogen-bond donors (Lipinski definition) is 0. The van der Waals surface area contributed by atoms with Crippen molar-refractivity contribution in [1.29, 1.82) is 0 Å². The highest BCUT2D eigenvalue weighted by molar-refractivity contribution is 5.73. The van der Waals surface area contributed by atoms with E-state index in [1.165, 1.54) is 11.1 Å². The Morgan fingerprint density at radius 1 is 1.06 bits per heavy atom. The first-order valence-electron chi connectivity index (χ1n) is 11.1. The molecule has 1 saturated heterocycles. The van der Waals surface area contributed by atoms with Crippen LogP contribution in [0.1, 0.15) is 11.3 Å². The van der Waals surface area contributed by atoms with Crippen molar-refractivity contribution >= 4 is 5.65 Å². The predicted octanol–water partition coefficient (Wildman–Crippen LogP) is 4.10. The Balaban J connectivity index is 1.34. The van der Waals surface area contributed by atoms with Gasteiger partial charge in [-0.3, -0.25) is 9.88 Å². The van der Waals surface area contributed by atoms with Crippen LogP contribution in [-0.2, 0) is 17.7 Å². The minimum atomic E-state index is 0.393. The smallest absolute Gasteiger partial charge is 0.155 e. The monoisotopic (exact) mass is 428 g/mol. The molecule has 2 aromatic heterocycles. The maximum atomic E-state index is 5.96. The van der Waals surface area contributed by atoms with Gasteiger partial charge in [0.1, 0.15) is 5.75 Å². The Hall–Kier alpha value is -3.22. The van der Waals surface area contributed by atoms with E-state index >= 15 is 0 Å². The third-order valence-electron chi connectivity index (χ3n) is 6.06. The number of nitrogens with zero attached hydrogens (tertiary/aromatic N) is 4. The van der Waals surface area contributed by atoms with E-state index < -0.39 is 0 Å². The topological polar surface area (TPSA) is 51.9 Å². The second kappa shape index (κ2) is 9.51. The van der Waals surface area contributed by atoms with Crippen molar-refractivity contribution in [3.05, 3.63) is 84.6 Å². The molecule has 0 radical (unpaired) electrons. The van der Waals surface area contributed by atoms with Crippen LogP contribution in [0.2, 0.25) is 0 Å². The summed E-state index contributed by atoms with van der Waals surface area (Å²) in [6, 6.07) is 16.8. The number of imidazole rings is 1. The average Bonchev–Trinajstić information content (AvgIpc) is 3.19. The molecule has 4 aromatic rings. The Morgan fingerprint density at radius 3 is 2.81 bits per heavy atom. The fourth-order valence-electron chi connectivity index (χ4n) is 4.52. The Kier molecular flexibility index (Phi) is 6.14. The summed E-state index contributed by atoms with van der Waals surface area (Å²) in [7, 11) is 1.73. The number of benzene rings is 2.